The van der Waals surface area contributed by atoms with Crippen LogP contribution in [0.4, 0.5) is 4.39 Å². The van der Waals surface area contributed by atoms with Crippen molar-refractivity contribution < 1.29 is 28.2 Å². The molecule has 0 fully saturated rings. The molecule has 2 aromatic rings. The summed E-state index contributed by atoms with van der Waals surface area (Å²) in [4.78, 5) is 23.8. The number of carbonyl (C=O) groups is 2. The van der Waals surface area contributed by atoms with E-state index in [-0.39, 0.29) is 16.9 Å². The lowest BCUT2D eigenvalue weighted by molar-refractivity contribution is 0.0474. The maximum Gasteiger partial charge on any atom is 0.338 e. The number of methoxy groups -OCH3 is 2. The topological polar surface area (TPSA) is 61.8 Å². The first-order valence-corrected chi connectivity index (χ1v) is 6.73. The molecule has 2 rings (SSSR count). The third-order valence-corrected chi connectivity index (χ3v) is 3.11. The number of hydrogen-bond donors (Lipinski definition) is 0. The van der Waals surface area contributed by atoms with Crippen molar-refractivity contribution in [1.82, 2.24) is 0 Å². The summed E-state index contributed by atoms with van der Waals surface area (Å²) < 4.78 is 28.3. The number of esters is 1. The fourth-order valence-corrected chi connectivity index (χ4v) is 1.89. The molecule has 0 unspecified atom stereocenters. The van der Waals surface area contributed by atoms with Crippen molar-refractivity contribution in [2.24, 2.45) is 0 Å². The van der Waals surface area contributed by atoms with Crippen LogP contribution in [0.3, 0.4) is 0 Å². The van der Waals surface area contributed by atoms with Gasteiger partial charge in [-0.15, -0.1) is 0 Å². The second-order valence-corrected chi connectivity index (χ2v) is 4.58. The number of Topliss-reactive ketones (excluding diaryl/α,β-unsaturated/α-hetero) is 1. The number of ketones is 1. The van der Waals surface area contributed by atoms with Crippen LogP contribution in [0.5, 0.6) is 11.5 Å². The Bertz CT molecular complexity index is 727. The van der Waals surface area contributed by atoms with Gasteiger partial charge in [-0.3, -0.25) is 4.79 Å². The summed E-state index contributed by atoms with van der Waals surface area (Å²) in [6, 6.07) is 10.1. The molecule has 0 aliphatic rings. The third-order valence-electron chi connectivity index (χ3n) is 3.11. The van der Waals surface area contributed by atoms with Crippen LogP contribution in [-0.4, -0.2) is 32.6 Å². The van der Waals surface area contributed by atoms with E-state index in [1.165, 1.54) is 32.4 Å². The van der Waals surface area contributed by atoms with Gasteiger partial charge in [-0.2, -0.15) is 0 Å². The Balaban J connectivity index is 2.00. The molecule has 0 aliphatic carbocycles. The summed E-state index contributed by atoms with van der Waals surface area (Å²) in [7, 11) is 2.81. The summed E-state index contributed by atoms with van der Waals surface area (Å²) in [5.41, 5.74) is 0.361. The second-order valence-electron chi connectivity index (χ2n) is 4.58. The summed E-state index contributed by atoms with van der Waals surface area (Å²) in [6.07, 6.45) is 0. The van der Waals surface area contributed by atoms with Crippen molar-refractivity contribution in [1.29, 1.82) is 0 Å². The minimum Gasteiger partial charge on any atom is -0.497 e. The Morgan fingerprint density at radius 1 is 1.00 bits per heavy atom. The third kappa shape index (κ3) is 4.06. The van der Waals surface area contributed by atoms with E-state index >= 15 is 0 Å². The zero-order chi connectivity index (χ0) is 16.8. The monoisotopic (exact) mass is 318 g/mol. The minimum absolute atomic E-state index is 0.0370. The lowest BCUT2D eigenvalue weighted by Gasteiger charge is -2.07. The molecular weight excluding hydrogens is 303 g/mol. The molecular formula is C17H15FO5. The molecule has 0 bridgehead atoms. The molecule has 0 aliphatic heterocycles. The molecule has 0 spiro atoms. The van der Waals surface area contributed by atoms with Gasteiger partial charge >= 0.3 is 5.97 Å². The first-order chi connectivity index (χ1) is 11.0. The molecule has 0 saturated heterocycles. The second kappa shape index (κ2) is 7.40. The first-order valence-electron chi connectivity index (χ1n) is 6.73. The number of carbonyl (C=O) groups excluding carboxylic acids is 2. The van der Waals surface area contributed by atoms with E-state index in [0.29, 0.717) is 5.75 Å². The molecule has 5 nitrogen and oxygen atoms in total. The van der Waals surface area contributed by atoms with Gasteiger partial charge in [0.25, 0.3) is 0 Å². The van der Waals surface area contributed by atoms with E-state index in [1.54, 1.807) is 18.2 Å². The van der Waals surface area contributed by atoms with E-state index in [1.807, 2.05) is 0 Å². The van der Waals surface area contributed by atoms with Crippen LogP contribution in [-0.2, 0) is 4.74 Å². The molecule has 23 heavy (non-hydrogen) atoms. The van der Waals surface area contributed by atoms with Crippen LogP contribution in [0.2, 0.25) is 0 Å². The van der Waals surface area contributed by atoms with Crippen LogP contribution < -0.4 is 9.47 Å². The quantitative estimate of drug-likeness (QED) is 0.605. The molecule has 0 heterocycles. The summed E-state index contributed by atoms with van der Waals surface area (Å²) in [5.74, 6) is -1.29. The molecule has 0 N–H and O–H groups in total. The Morgan fingerprint density at radius 3 is 2.43 bits per heavy atom. The van der Waals surface area contributed by atoms with Crippen LogP contribution in [0.25, 0.3) is 0 Å². The van der Waals surface area contributed by atoms with Crippen molar-refractivity contribution in [3.05, 3.63) is 59.4 Å². The Morgan fingerprint density at radius 2 is 1.78 bits per heavy atom. The molecule has 120 valence electrons. The number of benzene rings is 2. The van der Waals surface area contributed by atoms with Crippen LogP contribution in [0.15, 0.2) is 42.5 Å². The Kier molecular flexibility index (Phi) is 5.30. The van der Waals surface area contributed by atoms with Crippen LogP contribution in [0.1, 0.15) is 20.7 Å². The van der Waals surface area contributed by atoms with Crippen molar-refractivity contribution >= 4 is 11.8 Å². The molecule has 0 amide bonds. The van der Waals surface area contributed by atoms with Crippen molar-refractivity contribution in [2.45, 2.75) is 0 Å². The van der Waals surface area contributed by atoms with Crippen LogP contribution >= 0.6 is 0 Å². The van der Waals surface area contributed by atoms with E-state index in [0.717, 1.165) is 6.07 Å². The van der Waals surface area contributed by atoms with Gasteiger partial charge in [-0.05, 0) is 36.4 Å². The average Bonchev–Trinajstić information content (AvgIpc) is 2.59. The highest BCUT2D eigenvalue weighted by Gasteiger charge is 2.14. The van der Waals surface area contributed by atoms with E-state index in [9.17, 15) is 14.0 Å². The number of halogens is 1. The molecule has 0 atom stereocenters. The standard InChI is InChI=1S/C17H15FO5/c1-21-13-5-3-4-12(8-13)17(20)23-10-15(19)11-6-7-16(22-2)14(18)9-11/h3-9H,10H2,1-2H3. The van der Waals surface area contributed by atoms with E-state index in [4.69, 9.17) is 14.2 Å². The SMILES string of the molecule is COc1cccc(C(=O)OCC(=O)c2ccc(OC)c(F)c2)c1. The van der Waals surface area contributed by atoms with Crippen molar-refractivity contribution in [3.8, 4) is 11.5 Å². The lowest BCUT2D eigenvalue weighted by Crippen LogP contribution is -2.14. The highest BCUT2D eigenvalue weighted by molar-refractivity contribution is 5.99. The normalized spacial score (nSPS) is 10.0. The highest BCUT2D eigenvalue weighted by Crippen LogP contribution is 2.18. The molecule has 6 heteroatoms. The Labute approximate surface area is 132 Å². The summed E-state index contributed by atoms with van der Waals surface area (Å²) in [6.45, 7) is -0.484. The maximum atomic E-state index is 13.6. The number of hydrogen-bond acceptors (Lipinski definition) is 5. The predicted molar refractivity (Wildman–Crippen MR) is 80.6 cm³/mol. The number of ether oxygens (including phenoxy) is 3. The summed E-state index contributed by atoms with van der Waals surface area (Å²) >= 11 is 0. The minimum atomic E-state index is -0.661. The number of rotatable bonds is 6. The molecule has 2 aromatic carbocycles. The highest BCUT2D eigenvalue weighted by atomic mass is 19.1. The predicted octanol–water partition coefficient (Wildman–Crippen LogP) is 2.88. The van der Waals surface area contributed by atoms with Gasteiger partial charge in [0.1, 0.15) is 5.75 Å². The molecule has 0 aromatic heterocycles. The fourth-order valence-electron chi connectivity index (χ4n) is 1.89. The zero-order valence-corrected chi connectivity index (χ0v) is 12.7. The zero-order valence-electron chi connectivity index (χ0n) is 12.7. The fraction of sp³-hybridized carbons (Fsp3) is 0.176. The van der Waals surface area contributed by atoms with Gasteiger partial charge in [0.05, 0.1) is 19.8 Å². The summed E-state index contributed by atoms with van der Waals surface area (Å²) in [5, 5.41) is 0. The first kappa shape index (κ1) is 16.5. The molecule has 0 radical (unpaired) electrons. The van der Waals surface area contributed by atoms with Gasteiger partial charge in [0.15, 0.2) is 24.0 Å². The van der Waals surface area contributed by atoms with Gasteiger partial charge in [0, 0.05) is 5.56 Å². The van der Waals surface area contributed by atoms with Crippen molar-refractivity contribution in [3.63, 3.8) is 0 Å². The van der Waals surface area contributed by atoms with Gasteiger partial charge in [-0.1, -0.05) is 6.07 Å². The van der Waals surface area contributed by atoms with Crippen molar-refractivity contribution in [2.75, 3.05) is 20.8 Å². The van der Waals surface area contributed by atoms with Gasteiger partial charge in [-0.25, -0.2) is 9.18 Å². The van der Waals surface area contributed by atoms with Gasteiger partial charge < -0.3 is 14.2 Å². The molecule has 0 saturated carbocycles. The smallest absolute Gasteiger partial charge is 0.338 e. The maximum absolute atomic E-state index is 13.6. The van der Waals surface area contributed by atoms with E-state index < -0.39 is 24.2 Å². The largest absolute Gasteiger partial charge is 0.497 e. The van der Waals surface area contributed by atoms with E-state index in [2.05, 4.69) is 0 Å². The Hall–Kier alpha value is -2.89. The van der Waals surface area contributed by atoms with Gasteiger partial charge in [0.2, 0.25) is 0 Å². The average molecular weight is 318 g/mol. The lowest BCUT2D eigenvalue weighted by atomic mass is 10.1. The van der Waals surface area contributed by atoms with Crippen LogP contribution in [0, 0.1) is 5.82 Å².